The monoisotopic (exact) mass is 485 g/mol. The SMILES string of the molecule is O=C([O-])c1nc(Nc2ccc(Br)cc2)nc(Nc2ccc(Br)cc2)n1.[Na+]. The molecule has 3 rings (SSSR count). The summed E-state index contributed by atoms with van der Waals surface area (Å²) in [6.45, 7) is 0. The molecule has 0 radical (unpaired) electrons. The Morgan fingerprint density at radius 3 is 1.50 bits per heavy atom. The zero-order valence-corrected chi connectivity index (χ0v) is 18.7. The molecule has 26 heavy (non-hydrogen) atoms. The number of carbonyl (C=O) groups is 1. The van der Waals surface area contributed by atoms with Gasteiger partial charge in [-0.05, 0) is 48.5 Å². The van der Waals surface area contributed by atoms with Crippen molar-refractivity contribution in [3.63, 3.8) is 0 Å². The number of hydrogen-bond acceptors (Lipinski definition) is 7. The van der Waals surface area contributed by atoms with Crippen LogP contribution >= 0.6 is 31.9 Å². The van der Waals surface area contributed by atoms with E-state index in [0.717, 1.165) is 8.95 Å². The molecule has 0 saturated carbocycles. The third-order valence-electron chi connectivity index (χ3n) is 3.02. The molecule has 0 amide bonds. The average Bonchev–Trinajstić information content (AvgIpc) is 2.59. The van der Waals surface area contributed by atoms with Gasteiger partial charge in [-0.2, -0.15) is 15.0 Å². The minimum absolute atomic E-state index is 0. The number of rotatable bonds is 5. The van der Waals surface area contributed by atoms with Gasteiger partial charge in [0.15, 0.2) is 5.82 Å². The van der Waals surface area contributed by atoms with E-state index in [9.17, 15) is 9.90 Å². The first-order chi connectivity index (χ1) is 12.0. The van der Waals surface area contributed by atoms with Crippen LogP contribution in [0.2, 0.25) is 0 Å². The predicted octanol–water partition coefficient (Wildman–Crippen LogP) is 0.251. The fourth-order valence-electron chi connectivity index (χ4n) is 1.90. The molecule has 2 aromatic carbocycles. The Morgan fingerprint density at radius 1 is 0.769 bits per heavy atom. The summed E-state index contributed by atoms with van der Waals surface area (Å²) < 4.78 is 1.84. The van der Waals surface area contributed by atoms with E-state index in [1.54, 1.807) is 24.3 Å². The zero-order chi connectivity index (χ0) is 17.8. The molecule has 0 atom stereocenters. The summed E-state index contributed by atoms with van der Waals surface area (Å²) in [6, 6.07) is 14.5. The molecule has 10 heteroatoms. The number of nitrogens with one attached hydrogen (secondary N) is 2. The number of carbonyl (C=O) groups excluding carboxylic acids is 1. The summed E-state index contributed by atoms with van der Waals surface area (Å²) in [4.78, 5) is 23.1. The fourth-order valence-corrected chi connectivity index (χ4v) is 2.43. The van der Waals surface area contributed by atoms with E-state index in [2.05, 4.69) is 57.4 Å². The van der Waals surface area contributed by atoms with Crippen LogP contribution in [0, 0.1) is 0 Å². The van der Waals surface area contributed by atoms with Crippen molar-refractivity contribution in [2.75, 3.05) is 10.6 Å². The summed E-state index contributed by atoms with van der Waals surface area (Å²) in [6.07, 6.45) is 0. The van der Waals surface area contributed by atoms with Gasteiger partial charge >= 0.3 is 29.6 Å². The van der Waals surface area contributed by atoms with Crippen molar-refractivity contribution in [3.05, 3.63) is 63.3 Å². The summed E-state index contributed by atoms with van der Waals surface area (Å²) >= 11 is 6.69. The molecule has 0 aliphatic rings. The van der Waals surface area contributed by atoms with Crippen LogP contribution in [0.3, 0.4) is 0 Å². The molecule has 0 unspecified atom stereocenters. The van der Waals surface area contributed by atoms with E-state index >= 15 is 0 Å². The van der Waals surface area contributed by atoms with Crippen molar-refractivity contribution in [2.45, 2.75) is 0 Å². The number of halogens is 2. The number of aromatic carboxylic acids is 1. The zero-order valence-electron chi connectivity index (χ0n) is 13.5. The van der Waals surface area contributed by atoms with Crippen LogP contribution < -0.4 is 45.3 Å². The smallest absolute Gasteiger partial charge is 0.541 e. The molecule has 126 valence electrons. The molecule has 0 aliphatic carbocycles. The normalized spacial score (nSPS) is 9.92. The van der Waals surface area contributed by atoms with Crippen molar-refractivity contribution in [1.29, 1.82) is 0 Å². The van der Waals surface area contributed by atoms with Crippen molar-refractivity contribution in [3.8, 4) is 0 Å². The second-order valence-electron chi connectivity index (χ2n) is 4.86. The molecule has 0 fully saturated rings. The van der Waals surface area contributed by atoms with Crippen molar-refractivity contribution >= 4 is 61.1 Å². The molecule has 0 spiro atoms. The Kier molecular flexibility index (Phi) is 7.54. The Bertz CT molecular complexity index is 842. The minimum atomic E-state index is -1.49. The average molecular weight is 487 g/mol. The first-order valence-electron chi connectivity index (χ1n) is 7.02. The molecule has 1 heterocycles. The van der Waals surface area contributed by atoms with Crippen LogP contribution in [0.25, 0.3) is 0 Å². The van der Waals surface area contributed by atoms with Gasteiger partial charge in [0.05, 0.1) is 0 Å². The maximum atomic E-state index is 11.2. The third-order valence-corrected chi connectivity index (χ3v) is 4.08. The van der Waals surface area contributed by atoms with Gasteiger partial charge in [-0.25, -0.2) is 0 Å². The molecule has 1 aromatic heterocycles. The number of carboxylic acids is 1. The predicted molar refractivity (Wildman–Crippen MR) is 99.0 cm³/mol. The standard InChI is InChI=1S/C16H11Br2N5O2.Na/c17-9-1-5-11(6-2-9)19-15-21-13(14(24)25)22-16(23-15)20-12-7-3-10(18)4-8-12;/h1-8H,(H,24,25)(H2,19,20,21,22,23);/q;+1/p-1. The molecule has 2 N–H and O–H groups in total. The number of carboxylic acid groups (broad SMARTS) is 1. The van der Waals surface area contributed by atoms with Crippen molar-refractivity contribution < 1.29 is 39.5 Å². The maximum Gasteiger partial charge on any atom is 1.00 e. The summed E-state index contributed by atoms with van der Waals surface area (Å²) in [5.74, 6) is -1.76. The van der Waals surface area contributed by atoms with Gasteiger partial charge in [0.2, 0.25) is 11.9 Å². The van der Waals surface area contributed by atoms with Crippen LogP contribution in [0.1, 0.15) is 10.6 Å². The fraction of sp³-hybridized carbons (Fsp3) is 0. The molecule has 0 aliphatic heterocycles. The van der Waals surface area contributed by atoms with E-state index in [-0.39, 0.29) is 41.5 Å². The number of nitrogens with zero attached hydrogens (tertiary/aromatic N) is 3. The summed E-state index contributed by atoms with van der Waals surface area (Å²) in [5, 5.41) is 17.0. The van der Waals surface area contributed by atoms with Gasteiger partial charge in [-0.15, -0.1) is 0 Å². The van der Waals surface area contributed by atoms with Crippen molar-refractivity contribution in [1.82, 2.24) is 15.0 Å². The minimum Gasteiger partial charge on any atom is -0.541 e. The topological polar surface area (TPSA) is 103 Å². The van der Waals surface area contributed by atoms with Gasteiger partial charge in [0.25, 0.3) is 0 Å². The maximum absolute atomic E-state index is 11.2. The number of anilines is 4. The largest absolute Gasteiger partial charge is 1.00 e. The Labute approximate surface area is 188 Å². The quantitative estimate of drug-likeness (QED) is 0.498. The summed E-state index contributed by atoms with van der Waals surface area (Å²) in [5.41, 5.74) is 1.40. The third kappa shape index (κ3) is 5.75. The molecule has 0 bridgehead atoms. The van der Waals surface area contributed by atoms with Gasteiger partial charge in [-0.3, -0.25) is 0 Å². The molecule has 3 aromatic rings. The van der Waals surface area contributed by atoms with E-state index in [0.29, 0.717) is 11.4 Å². The van der Waals surface area contributed by atoms with Crippen LogP contribution in [0.15, 0.2) is 57.5 Å². The van der Waals surface area contributed by atoms with Crippen LogP contribution in [-0.2, 0) is 0 Å². The van der Waals surface area contributed by atoms with Crippen LogP contribution in [-0.4, -0.2) is 20.9 Å². The number of benzene rings is 2. The molecule has 7 nitrogen and oxygen atoms in total. The first-order valence-corrected chi connectivity index (χ1v) is 8.61. The number of aromatic nitrogens is 3. The van der Waals surface area contributed by atoms with Gasteiger partial charge in [-0.1, -0.05) is 31.9 Å². The number of hydrogen-bond donors (Lipinski definition) is 2. The Morgan fingerprint density at radius 2 is 1.15 bits per heavy atom. The second kappa shape index (κ2) is 9.43. The van der Waals surface area contributed by atoms with E-state index < -0.39 is 11.8 Å². The Balaban J connectivity index is 0.00000243. The van der Waals surface area contributed by atoms with Crippen molar-refractivity contribution in [2.24, 2.45) is 0 Å². The Hall–Kier alpha value is -1.52. The van der Waals surface area contributed by atoms with Crippen LogP contribution in [0.5, 0.6) is 0 Å². The van der Waals surface area contributed by atoms with E-state index in [1.165, 1.54) is 0 Å². The van der Waals surface area contributed by atoms with Gasteiger partial charge in [0, 0.05) is 20.3 Å². The second-order valence-corrected chi connectivity index (χ2v) is 6.69. The van der Waals surface area contributed by atoms with E-state index in [1.807, 2.05) is 24.3 Å². The van der Waals surface area contributed by atoms with Crippen LogP contribution in [0.4, 0.5) is 23.3 Å². The van der Waals surface area contributed by atoms with Gasteiger partial charge in [0.1, 0.15) is 5.97 Å². The molecule has 0 saturated heterocycles. The molecular weight excluding hydrogens is 477 g/mol. The first kappa shape index (κ1) is 20.8. The summed E-state index contributed by atoms with van der Waals surface area (Å²) in [7, 11) is 0. The molecular formula is C16H10Br2N5NaO2. The van der Waals surface area contributed by atoms with Gasteiger partial charge < -0.3 is 20.5 Å². The van der Waals surface area contributed by atoms with E-state index in [4.69, 9.17) is 0 Å².